The van der Waals surface area contributed by atoms with Crippen LogP contribution in [0.2, 0.25) is 0 Å². The Hall–Kier alpha value is -1.09. The van der Waals surface area contributed by atoms with Crippen molar-refractivity contribution in [1.29, 1.82) is 0 Å². The standard InChI is InChI=1S/C7H10N2O/c1-2-6-7(10-8)4-3-5-9-6/h3-5H,2,8H2,1H3. The number of hydrogen-bond donors (Lipinski definition) is 1. The fraction of sp³-hybridized carbons (Fsp3) is 0.286. The van der Waals surface area contributed by atoms with E-state index < -0.39 is 0 Å². The highest BCUT2D eigenvalue weighted by Crippen LogP contribution is 2.12. The molecule has 0 bridgehead atoms. The Morgan fingerprint density at radius 1 is 1.70 bits per heavy atom. The van der Waals surface area contributed by atoms with Gasteiger partial charge < -0.3 is 4.84 Å². The van der Waals surface area contributed by atoms with E-state index in [4.69, 9.17) is 5.90 Å². The molecule has 0 saturated carbocycles. The maximum absolute atomic E-state index is 4.99. The van der Waals surface area contributed by atoms with Gasteiger partial charge in [0.2, 0.25) is 0 Å². The Balaban J connectivity index is 2.96. The summed E-state index contributed by atoms with van der Waals surface area (Å²) in [4.78, 5) is 8.64. The summed E-state index contributed by atoms with van der Waals surface area (Å²) in [6.07, 6.45) is 2.56. The van der Waals surface area contributed by atoms with Crippen LogP contribution in [0.3, 0.4) is 0 Å². The van der Waals surface area contributed by atoms with Crippen LogP contribution >= 0.6 is 0 Å². The van der Waals surface area contributed by atoms with Crippen LogP contribution in [0.15, 0.2) is 18.3 Å². The predicted octanol–water partition coefficient (Wildman–Crippen LogP) is 0.896. The monoisotopic (exact) mass is 138 g/mol. The number of hydrogen-bond acceptors (Lipinski definition) is 3. The van der Waals surface area contributed by atoms with Gasteiger partial charge in [-0.15, -0.1) is 0 Å². The number of aromatic nitrogens is 1. The normalized spacial score (nSPS) is 9.40. The first-order chi connectivity index (χ1) is 4.88. The highest BCUT2D eigenvalue weighted by atomic mass is 16.6. The van der Waals surface area contributed by atoms with Crippen LogP contribution < -0.4 is 10.7 Å². The molecule has 0 aromatic carbocycles. The van der Waals surface area contributed by atoms with Gasteiger partial charge in [0, 0.05) is 6.20 Å². The molecule has 1 aromatic rings. The lowest BCUT2D eigenvalue weighted by Gasteiger charge is -2.01. The fourth-order valence-corrected chi connectivity index (χ4v) is 0.796. The Labute approximate surface area is 59.8 Å². The first-order valence-electron chi connectivity index (χ1n) is 3.19. The minimum atomic E-state index is 0.657. The second kappa shape index (κ2) is 3.17. The summed E-state index contributed by atoms with van der Waals surface area (Å²) in [5.74, 6) is 5.64. The molecule has 3 nitrogen and oxygen atoms in total. The van der Waals surface area contributed by atoms with E-state index in [9.17, 15) is 0 Å². The fourth-order valence-electron chi connectivity index (χ4n) is 0.796. The molecule has 3 heteroatoms. The third-order valence-electron chi connectivity index (χ3n) is 1.31. The van der Waals surface area contributed by atoms with Crippen molar-refractivity contribution in [2.75, 3.05) is 0 Å². The van der Waals surface area contributed by atoms with Gasteiger partial charge in [-0.2, -0.15) is 5.90 Å². The van der Waals surface area contributed by atoms with Crippen LogP contribution in [0.4, 0.5) is 0 Å². The van der Waals surface area contributed by atoms with Crippen molar-refractivity contribution < 1.29 is 4.84 Å². The molecule has 1 heterocycles. The van der Waals surface area contributed by atoms with E-state index in [0.717, 1.165) is 12.1 Å². The molecule has 0 amide bonds. The largest absolute Gasteiger partial charge is 0.410 e. The highest BCUT2D eigenvalue weighted by Gasteiger charge is 1.98. The van der Waals surface area contributed by atoms with Crippen LogP contribution in [0.1, 0.15) is 12.6 Å². The Morgan fingerprint density at radius 2 is 2.50 bits per heavy atom. The molecule has 2 N–H and O–H groups in total. The van der Waals surface area contributed by atoms with E-state index in [2.05, 4.69) is 9.82 Å². The van der Waals surface area contributed by atoms with Gasteiger partial charge in [-0.25, -0.2) is 0 Å². The van der Waals surface area contributed by atoms with Crippen molar-refractivity contribution in [1.82, 2.24) is 4.98 Å². The van der Waals surface area contributed by atoms with Crippen molar-refractivity contribution in [3.05, 3.63) is 24.0 Å². The minimum Gasteiger partial charge on any atom is -0.410 e. The van der Waals surface area contributed by atoms with Gasteiger partial charge in [0.25, 0.3) is 0 Å². The summed E-state index contributed by atoms with van der Waals surface area (Å²) in [6, 6.07) is 3.59. The number of rotatable bonds is 2. The zero-order valence-corrected chi connectivity index (χ0v) is 5.87. The van der Waals surface area contributed by atoms with Crippen molar-refractivity contribution in [3.63, 3.8) is 0 Å². The maximum atomic E-state index is 4.99. The zero-order valence-electron chi connectivity index (χ0n) is 5.87. The molecule has 0 aliphatic heterocycles. The summed E-state index contributed by atoms with van der Waals surface area (Å²) >= 11 is 0. The van der Waals surface area contributed by atoms with Gasteiger partial charge in [-0.05, 0) is 18.6 Å². The summed E-state index contributed by atoms with van der Waals surface area (Å²) in [6.45, 7) is 2.00. The quantitative estimate of drug-likeness (QED) is 0.617. The third-order valence-corrected chi connectivity index (χ3v) is 1.31. The predicted molar refractivity (Wildman–Crippen MR) is 38.4 cm³/mol. The molecular weight excluding hydrogens is 128 g/mol. The van der Waals surface area contributed by atoms with Crippen LogP contribution in [0.5, 0.6) is 5.75 Å². The molecule has 0 aliphatic rings. The van der Waals surface area contributed by atoms with Crippen molar-refractivity contribution in [2.45, 2.75) is 13.3 Å². The lowest BCUT2D eigenvalue weighted by Crippen LogP contribution is -2.04. The Morgan fingerprint density at radius 3 is 3.00 bits per heavy atom. The molecule has 54 valence electrons. The molecule has 0 atom stereocenters. The van der Waals surface area contributed by atoms with Gasteiger partial charge in [-0.3, -0.25) is 4.98 Å². The zero-order chi connectivity index (χ0) is 7.40. The van der Waals surface area contributed by atoms with Crippen LogP contribution in [0.25, 0.3) is 0 Å². The van der Waals surface area contributed by atoms with Crippen LogP contribution in [-0.4, -0.2) is 4.98 Å². The SMILES string of the molecule is CCc1ncccc1ON. The van der Waals surface area contributed by atoms with E-state index in [1.54, 1.807) is 18.3 Å². The van der Waals surface area contributed by atoms with Gasteiger partial charge >= 0.3 is 0 Å². The lowest BCUT2D eigenvalue weighted by atomic mass is 10.3. The number of pyridine rings is 1. The van der Waals surface area contributed by atoms with Gasteiger partial charge in [0.15, 0.2) is 5.75 Å². The number of nitrogens with two attached hydrogens (primary N) is 1. The third kappa shape index (κ3) is 1.25. The molecule has 0 aliphatic carbocycles. The van der Waals surface area contributed by atoms with E-state index in [-0.39, 0.29) is 0 Å². The van der Waals surface area contributed by atoms with Crippen LogP contribution in [0, 0.1) is 0 Å². The average molecular weight is 138 g/mol. The summed E-state index contributed by atoms with van der Waals surface area (Å²) in [7, 11) is 0. The van der Waals surface area contributed by atoms with E-state index in [1.807, 2.05) is 6.92 Å². The molecular formula is C7H10N2O. The Bertz CT molecular complexity index is 190. The van der Waals surface area contributed by atoms with E-state index in [1.165, 1.54) is 0 Å². The van der Waals surface area contributed by atoms with E-state index in [0.29, 0.717) is 5.75 Å². The summed E-state index contributed by atoms with van der Waals surface area (Å²) in [5, 5.41) is 0. The summed E-state index contributed by atoms with van der Waals surface area (Å²) in [5.41, 5.74) is 0.894. The smallest absolute Gasteiger partial charge is 0.168 e. The van der Waals surface area contributed by atoms with Crippen molar-refractivity contribution in [2.24, 2.45) is 5.90 Å². The van der Waals surface area contributed by atoms with Gasteiger partial charge in [-0.1, -0.05) is 6.92 Å². The topological polar surface area (TPSA) is 48.1 Å². The second-order valence-corrected chi connectivity index (χ2v) is 1.92. The van der Waals surface area contributed by atoms with Gasteiger partial charge in [0.1, 0.15) is 0 Å². The van der Waals surface area contributed by atoms with E-state index >= 15 is 0 Å². The molecule has 0 spiro atoms. The Kier molecular flexibility index (Phi) is 2.23. The molecule has 10 heavy (non-hydrogen) atoms. The average Bonchev–Trinajstić information content (AvgIpc) is 2.04. The first-order valence-corrected chi connectivity index (χ1v) is 3.19. The molecule has 0 radical (unpaired) electrons. The van der Waals surface area contributed by atoms with Gasteiger partial charge in [0.05, 0.1) is 5.69 Å². The lowest BCUT2D eigenvalue weighted by molar-refractivity contribution is 0.329. The number of nitrogens with zero attached hydrogens (tertiary/aromatic N) is 1. The highest BCUT2D eigenvalue weighted by molar-refractivity contribution is 5.26. The maximum Gasteiger partial charge on any atom is 0.168 e. The molecule has 1 rings (SSSR count). The van der Waals surface area contributed by atoms with Crippen molar-refractivity contribution in [3.8, 4) is 5.75 Å². The van der Waals surface area contributed by atoms with Crippen LogP contribution in [-0.2, 0) is 6.42 Å². The second-order valence-electron chi connectivity index (χ2n) is 1.92. The minimum absolute atomic E-state index is 0.657. The van der Waals surface area contributed by atoms with Crippen molar-refractivity contribution >= 4 is 0 Å². The molecule has 0 unspecified atom stereocenters. The molecule has 0 saturated heterocycles. The first kappa shape index (κ1) is 7.02. The number of aryl methyl sites for hydroxylation is 1. The molecule has 0 fully saturated rings. The summed E-state index contributed by atoms with van der Waals surface area (Å²) < 4.78 is 0. The molecule has 1 aromatic heterocycles.